The fourth-order valence-electron chi connectivity index (χ4n) is 1.36. The van der Waals surface area contributed by atoms with Gasteiger partial charge in [0.2, 0.25) is 0 Å². The van der Waals surface area contributed by atoms with E-state index in [0.717, 1.165) is 15.2 Å². The van der Waals surface area contributed by atoms with E-state index >= 15 is 0 Å². The Morgan fingerprint density at radius 1 is 1.44 bits per heavy atom. The smallest absolute Gasteiger partial charge is 0.136 e. The number of alkyl halides is 1. The largest absolute Gasteiger partial charge is 0.492 e. The number of aromatic nitrogens is 1. The van der Waals surface area contributed by atoms with Crippen LogP contribution in [0.5, 0.6) is 5.75 Å². The van der Waals surface area contributed by atoms with Crippen molar-refractivity contribution in [3.05, 3.63) is 44.6 Å². The highest BCUT2D eigenvalue weighted by Crippen LogP contribution is 2.25. The van der Waals surface area contributed by atoms with Gasteiger partial charge in [0.15, 0.2) is 0 Å². The predicted octanol–water partition coefficient (Wildman–Crippen LogP) is 4.41. The molecular formula is C12H10BrClFNOS. The minimum atomic E-state index is -0.313. The first kappa shape index (κ1) is 13.8. The Bertz CT molecular complexity index is 535. The zero-order valence-corrected chi connectivity index (χ0v) is 12.5. The maximum atomic E-state index is 13.0. The van der Waals surface area contributed by atoms with Crippen molar-refractivity contribution in [3.63, 3.8) is 0 Å². The van der Waals surface area contributed by atoms with E-state index in [4.69, 9.17) is 16.3 Å². The molecule has 2 rings (SSSR count). The van der Waals surface area contributed by atoms with Crippen LogP contribution in [0, 0.1) is 5.82 Å². The van der Waals surface area contributed by atoms with Gasteiger partial charge in [-0.3, -0.25) is 0 Å². The number of ether oxygens (including phenoxy) is 1. The highest BCUT2D eigenvalue weighted by atomic mass is 79.9. The van der Waals surface area contributed by atoms with E-state index in [-0.39, 0.29) is 5.82 Å². The van der Waals surface area contributed by atoms with Gasteiger partial charge in [-0.15, -0.1) is 22.9 Å². The Morgan fingerprint density at radius 2 is 2.28 bits per heavy atom. The molecule has 0 bridgehead atoms. The van der Waals surface area contributed by atoms with Crippen molar-refractivity contribution in [2.24, 2.45) is 0 Å². The summed E-state index contributed by atoms with van der Waals surface area (Å²) in [6.45, 7) is 0.456. The monoisotopic (exact) mass is 349 g/mol. The van der Waals surface area contributed by atoms with Gasteiger partial charge in [0.05, 0.1) is 27.7 Å². The molecule has 2 aromatic rings. The van der Waals surface area contributed by atoms with Crippen LogP contribution in [0.1, 0.15) is 10.7 Å². The van der Waals surface area contributed by atoms with Crippen LogP contribution >= 0.6 is 38.9 Å². The number of nitrogens with zero attached hydrogens (tertiary/aromatic N) is 1. The highest BCUT2D eigenvalue weighted by molar-refractivity contribution is 9.10. The molecule has 1 aromatic heterocycles. The Kier molecular flexibility index (Phi) is 4.97. The highest BCUT2D eigenvalue weighted by Gasteiger charge is 2.05. The second-order valence-corrected chi connectivity index (χ2v) is 5.60. The van der Waals surface area contributed by atoms with Crippen LogP contribution in [-0.2, 0) is 12.3 Å². The number of benzene rings is 1. The van der Waals surface area contributed by atoms with Crippen LogP contribution in [0.3, 0.4) is 0 Å². The summed E-state index contributed by atoms with van der Waals surface area (Å²) in [4.78, 5) is 4.32. The summed E-state index contributed by atoms with van der Waals surface area (Å²) < 4.78 is 19.3. The molecule has 0 radical (unpaired) electrons. The van der Waals surface area contributed by atoms with Gasteiger partial charge in [0, 0.05) is 17.9 Å². The molecule has 6 heteroatoms. The van der Waals surface area contributed by atoms with Crippen LogP contribution in [0.2, 0.25) is 0 Å². The van der Waals surface area contributed by atoms with Gasteiger partial charge in [0.1, 0.15) is 11.6 Å². The molecule has 96 valence electrons. The van der Waals surface area contributed by atoms with Crippen LogP contribution in [0.4, 0.5) is 4.39 Å². The molecule has 0 amide bonds. The number of thiazole rings is 1. The first-order chi connectivity index (χ1) is 8.69. The van der Waals surface area contributed by atoms with Gasteiger partial charge in [-0.05, 0) is 28.1 Å². The molecule has 0 aliphatic carbocycles. The van der Waals surface area contributed by atoms with Crippen molar-refractivity contribution < 1.29 is 9.13 Å². The fourth-order valence-corrected chi connectivity index (χ4v) is 2.73. The van der Waals surface area contributed by atoms with E-state index in [1.54, 1.807) is 17.4 Å². The molecule has 0 aliphatic heterocycles. The van der Waals surface area contributed by atoms with E-state index in [1.807, 2.05) is 5.38 Å². The van der Waals surface area contributed by atoms with Gasteiger partial charge in [-0.25, -0.2) is 9.37 Å². The first-order valence-electron chi connectivity index (χ1n) is 5.26. The number of hydrogen-bond acceptors (Lipinski definition) is 3. The Morgan fingerprint density at radius 3 is 3.00 bits per heavy atom. The van der Waals surface area contributed by atoms with E-state index in [9.17, 15) is 4.39 Å². The molecule has 1 aromatic carbocycles. The molecule has 0 fully saturated rings. The second kappa shape index (κ2) is 6.50. The fraction of sp³-hybridized carbons (Fsp3) is 0.250. The minimum Gasteiger partial charge on any atom is -0.492 e. The average Bonchev–Trinajstić information content (AvgIpc) is 2.81. The zero-order valence-electron chi connectivity index (χ0n) is 9.33. The molecule has 0 unspecified atom stereocenters. The Balaban J connectivity index is 1.90. The normalized spacial score (nSPS) is 10.6. The molecule has 0 saturated heterocycles. The molecule has 1 heterocycles. The van der Waals surface area contributed by atoms with Gasteiger partial charge < -0.3 is 4.74 Å². The molecule has 0 spiro atoms. The third-order valence-corrected chi connectivity index (χ3v) is 4.09. The summed E-state index contributed by atoms with van der Waals surface area (Å²) in [6, 6.07) is 4.36. The lowest BCUT2D eigenvalue weighted by Gasteiger charge is -2.07. The lowest BCUT2D eigenvalue weighted by atomic mass is 10.3. The van der Waals surface area contributed by atoms with E-state index < -0.39 is 0 Å². The first-order valence-corrected chi connectivity index (χ1v) is 7.47. The molecule has 0 aliphatic rings. The molecule has 18 heavy (non-hydrogen) atoms. The third-order valence-electron chi connectivity index (χ3n) is 2.20. The maximum Gasteiger partial charge on any atom is 0.136 e. The molecular weight excluding hydrogens is 341 g/mol. The maximum absolute atomic E-state index is 13.0. The van der Waals surface area contributed by atoms with Gasteiger partial charge in [0.25, 0.3) is 0 Å². The van der Waals surface area contributed by atoms with Crippen molar-refractivity contribution in [2.75, 3.05) is 6.61 Å². The lowest BCUT2D eigenvalue weighted by molar-refractivity contribution is 0.318. The Hall–Kier alpha value is -0.650. The minimum absolute atomic E-state index is 0.313. The van der Waals surface area contributed by atoms with Crippen LogP contribution in [-0.4, -0.2) is 11.6 Å². The van der Waals surface area contributed by atoms with Crippen LogP contribution in [0.15, 0.2) is 28.1 Å². The van der Waals surface area contributed by atoms with Crippen LogP contribution < -0.4 is 4.74 Å². The predicted molar refractivity (Wildman–Crippen MR) is 75.0 cm³/mol. The quantitative estimate of drug-likeness (QED) is 0.745. The topological polar surface area (TPSA) is 22.1 Å². The van der Waals surface area contributed by atoms with E-state index in [2.05, 4.69) is 20.9 Å². The average molecular weight is 351 g/mol. The number of hydrogen-bond donors (Lipinski definition) is 0. The van der Waals surface area contributed by atoms with Gasteiger partial charge in [-0.1, -0.05) is 0 Å². The lowest BCUT2D eigenvalue weighted by Crippen LogP contribution is -2.02. The molecule has 0 N–H and O–H groups in total. The summed E-state index contributed by atoms with van der Waals surface area (Å²) >= 11 is 10.5. The standard InChI is InChI=1S/C12H10BrClFNOS/c13-10-2-1-8(15)5-11(10)17-4-3-12-16-9(6-14)7-18-12/h1-2,5,7H,3-4,6H2. The summed E-state index contributed by atoms with van der Waals surface area (Å²) in [5.41, 5.74) is 0.878. The van der Waals surface area contributed by atoms with Crippen molar-refractivity contribution in [1.29, 1.82) is 0 Å². The van der Waals surface area contributed by atoms with Gasteiger partial charge in [-0.2, -0.15) is 0 Å². The third kappa shape index (κ3) is 3.67. The molecule has 0 saturated carbocycles. The SMILES string of the molecule is Fc1ccc(Br)c(OCCc2nc(CCl)cs2)c1. The van der Waals surface area contributed by atoms with E-state index in [1.165, 1.54) is 12.1 Å². The summed E-state index contributed by atoms with van der Waals surface area (Å²) in [6.07, 6.45) is 0.685. The molecule has 0 atom stereocenters. The summed E-state index contributed by atoms with van der Waals surface area (Å²) in [7, 11) is 0. The summed E-state index contributed by atoms with van der Waals surface area (Å²) in [5.74, 6) is 0.614. The van der Waals surface area contributed by atoms with Crippen LogP contribution in [0.25, 0.3) is 0 Å². The van der Waals surface area contributed by atoms with E-state index in [0.29, 0.717) is 24.7 Å². The number of rotatable bonds is 5. The van der Waals surface area contributed by atoms with Gasteiger partial charge >= 0.3 is 0 Å². The number of halogens is 3. The van der Waals surface area contributed by atoms with Crippen molar-refractivity contribution in [1.82, 2.24) is 4.98 Å². The second-order valence-electron chi connectivity index (χ2n) is 3.54. The Labute approximate surface area is 122 Å². The zero-order chi connectivity index (χ0) is 13.0. The summed E-state index contributed by atoms with van der Waals surface area (Å²) in [5, 5.41) is 2.90. The van der Waals surface area contributed by atoms with Crippen molar-refractivity contribution >= 4 is 38.9 Å². The molecule has 2 nitrogen and oxygen atoms in total. The van der Waals surface area contributed by atoms with Crippen molar-refractivity contribution in [3.8, 4) is 5.75 Å². The van der Waals surface area contributed by atoms with Crippen molar-refractivity contribution in [2.45, 2.75) is 12.3 Å².